The number of carbonyl (C=O) groups is 3. The number of halogens is 2. The van der Waals surface area contributed by atoms with E-state index in [4.69, 9.17) is 53.1 Å². The van der Waals surface area contributed by atoms with Gasteiger partial charge in [0.2, 0.25) is 11.8 Å². The van der Waals surface area contributed by atoms with E-state index in [1.54, 1.807) is 14.2 Å². The van der Waals surface area contributed by atoms with Crippen LogP contribution in [0.2, 0.25) is 0 Å². The number of nitrogens with two attached hydrogens (primary N) is 1. The Morgan fingerprint density at radius 2 is 1.00 bits per heavy atom. The van der Waals surface area contributed by atoms with Gasteiger partial charge in [-0.2, -0.15) is 0 Å². The second-order valence-corrected chi connectivity index (χ2v) is 27.2. The maximum atomic E-state index is 13.9. The Labute approximate surface area is 546 Å². The van der Waals surface area contributed by atoms with E-state index in [0.29, 0.717) is 57.6 Å². The molecule has 4 heterocycles. The number of piperidine rings is 2. The smallest absolute Gasteiger partial charge is 0.407 e. The number of nitrogens with zero attached hydrogens (tertiary/aromatic N) is 6. The van der Waals surface area contributed by atoms with Gasteiger partial charge >= 0.3 is 6.09 Å². The van der Waals surface area contributed by atoms with E-state index in [0.717, 1.165) is 117 Å². The Hall–Kier alpha value is -5.59. The molecule has 6 aromatic rings. The Balaban J connectivity index is 0.000000225. The van der Waals surface area contributed by atoms with Crippen LogP contribution in [0.15, 0.2) is 97.1 Å². The number of carbonyl (C=O) groups excluding carboxylic acids is 3. The van der Waals surface area contributed by atoms with Gasteiger partial charge in [-0.15, -0.1) is 23.2 Å². The number of alkyl carbamates (subject to hydrolysis) is 1. The van der Waals surface area contributed by atoms with Gasteiger partial charge in [0, 0.05) is 129 Å². The van der Waals surface area contributed by atoms with Crippen molar-refractivity contribution in [1.29, 1.82) is 0 Å². The summed E-state index contributed by atoms with van der Waals surface area (Å²) in [6, 6.07) is 34.6. The quantitative estimate of drug-likeness (QED) is 0.0316. The number of hydrogen-bond acceptors (Lipinski definition) is 11. The maximum Gasteiger partial charge on any atom is 0.407 e. The van der Waals surface area contributed by atoms with Gasteiger partial charge in [0.1, 0.15) is 17.2 Å². The summed E-state index contributed by atoms with van der Waals surface area (Å²) < 4.78 is 20.9. The van der Waals surface area contributed by atoms with E-state index in [1.807, 2.05) is 42.7 Å². The first kappa shape index (κ1) is 70.3. The zero-order valence-corrected chi connectivity index (χ0v) is 56.1. The van der Waals surface area contributed by atoms with E-state index in [-0.39, 0.29) is 47.5 Å². The standard InChI is InChI=1S/C38H55N5O4.C33H47N5O2.CH2Cl2/c1-38(2,3)47-37(45)40-32(24-28-17-19-29(20-18-28)26-39-31-13-6-5-7-14-31)25-35(44)42-21-10-12-30(27-42)36-41-33-15-8-9-16-34(33)43(36)22-11-23-46-4;1-40-20-8-19-38-31-13-6-5-12-30(31)36-33(38)27-9-7-18-37(24-27)32(39)22-28(34)21-25-14-16-26(17-15-25)23-35-29-10-3-2-4-11-29;2-1-3/h8-9,15-20,30-32,39H,5-7,10-14,21-27H2,1-4H3,(H,40,45);5-6,12-17,27-29,35H,2-4,7-11,18-24,34H2,1H3;1H2/t30-,32-;27-,28-;/m11./s1. The first-order valence-electron chi connectivity index (χ1n) is 33.6. The van der Waals surface area contributed by atoms with Crippen molar-refractivity contribution < 1.29 is 28.6 Å². The first-order valence-corrected chi connectivity index (χ1v) is 34.7. The highest BCUT2D eigenvalue weighted by Gasteiger charge is 2.32. The predicted octanol–water partition coefficient (Wildman–Crippen LogP) is 13.3. The van der Waals surface area contributed by atoms with Crippen LogP contribution in [-0.4, -0.2) is 136 Å². The number of imidazole rings is 2. The number of aryl methyl sites for hydroxylation is 2. The molecule has 18 heteroatoms. The van der Waals surface area contributed by atoms with Crippen LogP contribution in [-0.2, 0) is 62.8 Å². The van der Waals surface area contributed by atoms with Crippen molar-refractivity contribution in [2.45, 2.75) is 217 Å². The third kappa shape index (κ3) is 22.0. The largest absolute Gasteiger partial charge is 0.444 e. The summed E-state index contributed by atoms with van der Waals surface area (Å²) in [4.78, 5) is 54.2. The summed E-state index contributed by atoms with van der Waals surface area (Å²) in [6.07, 6.45) is 20.3. The van der Waals surface area contributed by atoms with Gasteiger partial charge in [-0.1, -0.05) is 111 Å². The number of likely N-dealkylation sites (tertiary alicyclic amines) is 2. The fourth-order valence-electron chi connectivity index (χ4n) is 13.6. The number of nitrogens with one attached hydrogen (secondary N) is 3. The van der Waals surface area contributed by atoms with Crippen molar-refractivity contribution in [3.8, 4) is 0 Å². The molecule has 2 saturated heterocycles. The Kier molecular flexibility index (Phi) is 28.6. The lowest BCUT2D eigenvalue weighted by Gasteiger charge is -2.34. The van der Waals surface area contributed by atoms with Crippen LogP contribution >= 0.6 is 23.2 Å². The van der Waals surface area contributed by atoms with Crippen LogP contribution in [0.1, 0.15) is 182 Å². The van der Waals surface area contributed by atoms with E-state index < -0.39 is 11.7 Å². The van der Waals surface area contributed by atoms with Crippen molar-refractivity contribution >= 4 is 63.2 Å². The molecule has 4 fully saturated rings. The van der Waals surface area contributed by atoms with E-state index in [2.05, 4.69) is 110 Å². The molecule has 0 radical (unpaired) electrons. The van der Waals surface area contributed by atoms with Gasteiger partial charge in [0.25, 0.3) is 0 Å². The van der Waals surface area contributed by atoms with Crippen LogP contribution in [0, 0.1) is 0 Å². The third-order valence-corrected chi connectivity index (χ3v) is 18.1. The average molecular weight is 1280 g/mol. The van der Waals surface area contributed by atoms with Crippen molar-refractivity contribution in [1.82, 2.24) is 44.9 Å². The molecule has 0 unspecified atom stereocenters. The summed E-state index contributed by atoms with van der Waals surface area (Å²) in [7, 11) is 3.47. The minimum atomic E-state index is -0.625. The van der Waals surface area contributed by atoms with Crippen LogP contribution in [0.4, 0.5) is 4.79 Å². The van der Waals surface area contributed by atoms with Gasteiger partial charge in [-0.3, -0.25) is 9.59 Å². The normalized spacial score (nSPS) is 18.3. The van der Waals surface area contributed by atoms with E-state index >= 15 is 0 Å². The van der Waals surface area contributed by atoms with Crippen LogP contribution in [0.3, 0.4) is 0 Å². The number of fused-ring (bicyclic) bond motifs is 2. The minimum absolute atomic E-state index is 0.0473. The molecular formula is C72H104Cl2N10O6. The second-order valence-electron chi connectivity index (χ2n) is 26.4. The highest BCUT2D eigenvalue weighted by atomic mass is 35.5. The zero-order valence-electron chi connectivity index (χ0n) is 54.6. The number of alkyl halides is 2. The Morgan fingerprint density at radius 1 is 0.578 bits per heavy atom. The number of ether oxygens (including phenoxy) is 3. The van der Waals surface area contributed by atoms with Gasteiger partial charge in [0.05, 0.1) is 27.4 Å². The van der Waals surface area contributed by atoms with Gasteiger partial charge in [0.15, 0.2) is 0 Å². The molecule has 5 N–H and O–H groups in total. The van der Waals surface area contributed by atoms with Crippen LogP contribution < -0.4 is 21.7 Å². The lowest BCUT2D eigenvalue weighted by molar-refractivity contribution is -0.133. The summed E-state index contributed by atoms with van der Waals surface area (Å²) in [5.41, 5.74) is 15.0. The predicted molar refractivity (Wildman–Crippen MR) is 364 cm³/mol. The lowest BCUT2D eigenvalue weighted by atomic mass is 9.95. The molecule has 16 nitrogen and oxygen atoms in total. The van der Waals surface area contributed by atoms with Gasteiger partial charge < -0.3 is 54.8 Å². The first-order chi connectivity index (χ1) is 43.7. The summed E-state index contributed by atoms with van der Waals surface area (Å²) in [5, 5.41) is 10.6. The van der Waals surface area contributed by atoms with Crippen molar-refractivity contribution in [2.24, 2.45) is 5.73 Å². The lowest BCUT2D eigenvalue weighted by Crippen LogP contribution is -2.46. The third-order valence-electron chi connectivity index (χ3n) is 18.1. The van der Waals surface area contributed by atoms with Crippen molar-refractivity contribution in [2.75, 3.05) is 59.0 Å². The molecule has 2 aliphatic heterocycles. The molecule has 4 aromatic carbocycles. The fraction of sp³-hybridized carbons (Fsp3) is 0.597. The molecule has 0 bridgehead atoms. The molecule has 10 rings (SSSR count). The zero-order chi connectivity index (χ0) is 63.7. The number of hydrogen-bond donors (Lipinski definition) is 4. The number of para-hydroxylation sites is 4. The monoisotopic (exact) mass is 1270 g/mol. The number of methoxy groups -OCH3 is 2. The summed E-state index contributed by atoms with van der Waals surface area (Å²) >= 11 is 9.53. The van der Waals surface area contributed by atoms with Gasteiger partial charge in [-0.05, 0) is 144 Å². The van der Waals surface area contributed by atoms with Crippen LogP contribution in [0.5, 0.6) is 0 Å². The molecule has 492 valence electrons. The SMILES string of the molecule is COCCCn1c([C@@H]2CCCN(C(=O)C[C@@H](Cc3ccc(CNC4CCCCC4)cc3)NC(=O)OC(C)(C)C)C2)nc2ccccc21.COCCCn1c([C@@H]2CCCN(C(=O)C[C@H](N)Cc3ccc(CNC4CCCCC4)cc3)C2)nc2ccccc21.ClCCl. The second kappa shape index (κ2) is 36.6. The minimum Gasteiger partial charge on any atom is -0.444 e. The molecule has 3 amide bonds. The topological polar surface area (TPSA) is 183 Å². The number of rotatable bonds is 25. The highest BCUT2D eigenvalue weighted by molar-refractivity contribution is 6.40. The van der Waals surface area contributed by atoms with Crippen molar-refractivity contribution in [3.63, 3.8) is 0 Å². The molecule has 0 spiro atoms. The van der Waals surface area contributed by atoms with Crippen molar-refractivity contribution in [3.05, 3.63) is 131 Å². The van der Waals surface area contributed by atoms with Gasteiger partial charge in [-0.25, -0.2) is 14.8 Å². The summed E-state index contributed by atoms with van der Waals surface area (Å²) in [6.45, 7) is 13.3. The molecule has 2 saturated carbocycles. The number of aromatic nitrogens is 4. The Bertz CT molecular complexity index is 3100. The fourth-order valence-corrected chi connectivity index (χ4v) is 13.6. The van der Waals surface area contributed by atoms with Crippen LogP contribution in [0.25, 0.3) is 22.1 Å². The Morgan fingerprint density at radius 3 is 1.44 bits per heavy atom. The number of benzene rings is 4. The molecular weight excluding hydrogens is 1170 g/mol. The molecule has 2 aliphatic carbocycles. The molecule has 4 aliphatic rings. The average Bonchev–Trinajstić information content (AvgIpc) is 1.68. The molecule has 2 aromatic heterocycles. The molecule has 90 heavy (non-hydrogen) atoms. The number of amides is 3. The van der Waals surface area contributed by atoms with E-state index in [1.165, 1.54) is 80.9 Å². The summed E-state index contributed by atoms with van der Waals surface area (Å²) in [5.74, 6) is 2.73. The highest BCUT2D eigenvalue weighted by Crippen LogP contribution is 2.33. The van der Waals surface area contributed by atoms with E-state index in [9.17, 15) is 14.4 Å². The molecule has 4 atom stereocenters. The maximum absolute atomic E-state index is 13.9.